The molecule has 2 aromatic carbocycles. The maximum Gasteiger partial charge on any atom is 0.400 e. The van der Waals surface area contributed by atoms with E-state index in [1.54, 1.807) is 32.0 Å². The van der Waals surface area contributed by atoms with Gasteiger partial charge >= 0.3 is 6.18 Å². The minimum absolute atomic E-state index is 0.115. The van der Waals surface area contributed by atoms with Gasteiger partial charge in [0.15, 0.2) is 0 Å². The number of aliphatic imine (C=N–C) groups is 1. The van der Waals surface area contributed by atoms with Crippen LogP contribution in [0.2, 0.25) is 5.02 Å². The van der Waals surface area contributed by atoms with Crippen LogP contribution in [0.3, 0.4) is 0 Å². The Labute approximate surface area is 160 Å². The first-order chi connectivity index (χ1) is 12.5. The summed E-state index contributed by atoms with van der Waals surface area (Å²) in [7, 11) is 0. The minimum atomic E-state index is -4.49. The summed E-state index contributed by atoms with van der Waals surface area (Å²) < 4.78 is 42.4. The lowest BCUT2D eigenvalue weighted by Crippen LogP contribution is -2.43. The number of primary amides is 1. The van der Waals surface area contributed by atoms with E-state index in [0.29, 0.717) is 28.0 Å². The number of benzene rings is 2. The van der Waals surface area contributed by atoms with E-state index in [9.17, 15) is 18.0 Å². The molecule has 0 saturated heterocycles. The molecule has 3 nitrogen and oxygen atoms in total. The van der Waals surface area contributed by atoms with Crippen LogP contribution in [0.1, 0.15) is 39.0 Å². The Hall–Kier alpha value is -2.34. The largest absolute Gasteiger partial charge is 0.400 e. The predicted molar refractivity (Wildman–Crippen MR) is 99.6 cm³/mol. The maximum atomic E-state index is 14.1. The number of carbonyl (C=O) groups is 1. The molecule has 142 valence electrons. The van der Waals surface area contributed by atoms with Crippen LogP contribution in [0.15, 0.2) is 41.4 Å². The second-order valence-electron chi connectivity index (χ2n) is 6.93. The van der Waals surface area contributed by atoms with Gasteiger partial charge in [0.25, 0.3) is 0 Å². The Bertz CT molecular complexity index is 932. The van der Waals surface area contributed by atoms with Crippen LogP contribution in [0.25, 0.3) is 0 Å². The fraction of sp³-hybridized carbons (Fsp3) is 0.300. The Kier molecular flexibility index (Phi) is 4.80. The van der Waals surface area contributed by atoms with Gasteiger partial charge < -0.3 is 5.73 Å². The summed E-state index contributed by atoms with van der Waals surface area (Å²) >= 11 is 6.01. The van der Waals surface area contributed by atoms with Crippen molar-refractivity contribution in [3.8, 4) is 0 Å². The number of carbonyl (C=O) groups excluding carboxylic acids is 1. The van der Waals surface area contributed by atoms with Crippen LogP contribution in [0.4, 0.5) is 13.2 Å². The highest BCUT2D eigenvalue weighted by Crippen LogP contribution is 2.48. The van der Waals surface area contributed by atoms with Crippen molar-refractivity contribution >= 4 is 23.2 Å². The summed E-state index contributed by atoms with van der Waals surface area (Å²) in [4.78, 5) is 15.6. The molecule has 1 aliphatic rings. The number of hydrogen-bond acceptors (Lipinski definition) is 2. The highest BCUT2D eigenvalue weighted by Gasteiger charge is 2.58. The van der Waals surface area contributed by atoms with Crippen LogP contribution >= 0.6 is 11.6 Å². The molecule has 0 aromatic heterocycles. The second kappa shape index (κ2) is 6.68. The molecule has 0 fully saturated rings. The average Bonchev–Trinajstić information content (AvgIpc) is 3.00. The summed E-state index contributed by atoms with van der Waals surface area (Å²) in [6.45, 7) is 3.00. The third kappa shape index (κ3) is 3.46. The maximum absolute atomic E-state index is 14.1. The first kappa shape index (κ1) is 19.4. The van der Waals surface area contributed by atoms with Gasteiger partial charge in [-0.1, -0.05) is 23.7 Å². The van der Waals surface area contributed by atoms with Gasteiger partial charge in [-0.15, -0.1) is 0 Å². The van der Waals surface area contributed by atoms with Crippen molar-refractivity contribution in [3.05, 3.63) is 69.2 Å². The molecule has 1 aliphatic heterocycles. The normalized spacial score (nSPS) is 19.9. The van der Waals surface area contributed by atoms with Gasteiger partial charge in [0, 0.05) is 22.7 Å². The predicted octanol–water partition coefficient (Wildman–Crippen LogP) is 4.75. The van der Waals surface area contributed by atoms with E-state index in [1.165, 1.54) is 18.2 Å². The molecule has 0 aliphatic carbocycles. The number of halogens is 4. The zero-order valence-electron chi connectivity index (χ0n) is 14.8. The molecule has 2 aromatic rings. The fourth-order valence-corrected chi connectivity index (χ4v) is 3.79. The number of nitrogens with two attached hydrogens (primary N) is 1. The van der Waals surface area contributed by atoms with E-state index >= 15 is 0 Å². The smallest absolute Gasteiger partial charge is 0.366 e. The van der Waals surface area contributed by atoms with Crippen molar-refractivity contribution in [2.75, 3.05) is 6.54 Å². The molecule has 1 amide bonds. The number of rotatable bonds is 3. The number of amides is 1. The fourth-order valence-electron chi connectivity index (χ4n) is 3.50. The Balaban J connectivity index is 2.02. The average molecular weight is 395 g/mol. The number of alkyl halides is 3. The topological polar surface area (TPSA) is 55.4 Å². The summed E-state index contributed by atoms with van der Waals surface area (Å²) in [5, 5.41) is 0.267. The van der Waals surface area contributed by atoms with Gasteiger partial charge in [-0.05, 0) is 60.4 Å². The number of hydrogen-bond donors (Lipinski definition) is 1. The molecule has 7 heteroatoms. The second-order valence-corrected chi connectivity index (χ2v) is 7.37. The third-order valence-corrected chi connectivity index (χ3v) is 5.19. The zero-order chi connectivity index (χ0) is 20.0. The monoisotopic (exact) mass is 394 g/mol. The van der Waals surface area contributed by atoms with Gasteiger partial charge in [0.1, 0.15) is 5.41 Å². The Morgan fingerprint density at radius 2 is 1.89 bits per heavy atom. The lowest BCUT2D eigenvalue weighted by molar-refractivity contribution is -0.183. The first-order valence-electron chi connectivity index (χ1n) is 8.32. The van der Waals surface area contributed by atoms with E-state index in [2.05, 4.69) is 4.99 Å². The van der Waals surface area contributed by atoms with Crippen LogP contribution in [0, 0.1) is 13.8 Å². The van der Waals surface area contributed by atoms with E-state index in [0.717, 1.165) is 0 Å². The SMILES string of the molecule is Cc1cc(Cl)cc(C2(C(F)(F)F)CN=C(c3ccc(C(N)=O)c(C)c3)C2)c1. The van der Waals surface area contributed by atoms with Crippen molar-refractivity contribution in [1.29, 1.82) is 0 Å². The van der Waals surface area contributed by atoms with Crippen molar-refractivity contribution < 1.29 is 18.0 Å². The third-order valence-electron chi connectivity index (χ3n) is 4.97. The van der Waals surface area contributed by atoms with Gasteiger partial charge in [-0.25, -0.2) is 0 Å². The minimum Gasteiger partial charge on any atom is -0.366 e. The van der Waals surface area contributed by atoms with Crippen LogP contribution in [0.5, 0.6) is 0 Å². The molecule has 1 heterocycles. The lowest BCUT2D eigenvalue weighted by Gasteiger charge is -2.32. The van der Waals surface area contributed by atoms with Crippen molar-refractivity contribution in [1.82, 2.24) is 0 Å². The standard InChI is InChI=1S/C20H18ClF3N2O/c1-11-5-14(8-15(21)6-11)19(20(22,23)24)9-17(26-10-19)13-3-4-16(18(25)27)12(2)7-13/h3-8H,9-10H2,1-2H3,(H2,25,27). The molecule has 0 bridgehead atoms. The van der Waals surface area contributed by atoms with Gasteiger partial charge in [-0.3, -0.25) is 9.79 Å². The molecule has 0 spiro atoms. The summed E-state index contributed by atoms with van der Waals surface area (Å²) in [5.74, 6) is -0.577. The molecule has 27 heavy (non-hydrogen) atoms. The molecule has 0 radical (unpaired) electrons. The van der Waals surface area contributed by atoms with E-state index in [4.69, 9.17) is 17.3 Å². The quantitative estimate of drug-likeness (QED) is 0.802. The van der Waals surface area contributed by atoms with E-state index < -0.39 is 24.0 Å². The molecule has 3 rings (SSSR count). The summed E-state index contributed by atoms with van der Waals surface area (Å²) in [5.41, 5.74) is 5.80. The zero-order valence-corrected chi connectivity index (χ0v) is 15.6. The van der Waals surface area contributed by atoms with Crippen molar-refractivity contribution in [2.24, 2.45) is 10.7 Å². The summed E-state index contributed by atoms with van der Waals surface area (Å²) in [6, 6.07) is 9.25. The Morgan fingerprint density at radius 3 is 2.44 bits per heavy atom. The van der Waals surface area contributed by atoms with Crippen molar-refractivity contribution in [2.45, 2.75) is 31.9 Å². The van der Waals surface area contributed by atoms with Crippen LogP contribution in [-0.2, 0) is 5.41 Å². The highest BCUT2D eigenvalue weighted by molar-refractivity contribution is 6.30. The molecular weight excluding hydrogens is 377 g/mol. The van der Waals surface area contributed by atoms with Gasteiger partial charge in [0.05, 0.1) is 6.54 Å². The van der Waals surface area contributed by atoms with Gasteiger partial charge in [0.2, 0.25) is 5.91 Å². The highest BCUT2D eigenvalue weighted by atomic mass is 35.5. The number of aryl methyl sites for hydroxylation is 2. The number of nitrogens with zero attached hydrogens (tertiary/aromatic N) is 1. The van der Waals surface area contributed by atoms with Gasteiger partial charge in [-0.2, -0.15) is 13.2 Å². The molecule has 1 unspecified atom stereocenters. The Morgan fingerprint density at radius 1 is 1.19 bits per heavy atom. The van der Waals surface area contributed by atoms with E-state index in [1.807, 2.05) is 0 Å². The molecule has 2 N–H and O–H groups in total. The summed E-state index contributed by atoms with van der Waals surface area (Å²) in [6.07, 6.45) is -4.77. The van der Waals surface area contributed by atoms with Crippen molar-refractivity contribution in [3.63, 3.8) is 0 Å². The molecular formula is C20H18ClF3N2O. The first-order valence-corrected chi connectivity index (χ1v) is 8.70. The van der Waals surface area contributed by atoms with Crippen LogP contribution in [-0.4, -0.2) is 24.3 Å². The van der Waals surface area contributed by atoms with Crippen LogP contribution < -0.4 is 5.73 Å². The lowest BCUT2D eigenvalue weighted by atomic mass is 9.76. The molecule has 0 saturated carbocycles. The molecule has 1 atom stereocenters. The van der Waals surface area contributed by atoms with E-state index in [-0.39, 0.29) is 17.0 Å².